The molecule has 0 unspecified atom stereocenters. The van der Waals surface area contributed by atoms with Gasteiger partial charge >= 0.3 is 0 Å². The standard InChI is InChI=1S/C28H34O9/c1-6-7-9-12-18(30)17-15-25(3,35)28(36)26(4,24(17)34)22-20(19(31)13-10-8-11-14-29)21(32)16(2)23(33)27(22,5)37-28/h6-13,22,29-32,35-36H,14-15H2,1-5H3/b7-6+,11-8-,12-9-,13-10+,18-17-,20-19-/t22-,25+,26-,27+,28+/m1/s1. The molecule has 3 aliphatic rings. The first-order valence-corrected chi connectivity index (χ1v) is 11.9. The summed E-state index contributed by atoms with van der Waals surface area (Å²) in [6.07, 6.45) is 11.0. The molecule has 3 rings (SSSR count). The molecule has 5 atom stereocenters. The third-order valence-corrected chi connectivity index (χ3v) is 7.63. The molecule has 9 nitrogen and oxygen atoms in total. The highest BCUT2D eigenvalue weighted by Gasteiger charge is 2.81. The summed E-state index contributed by atoms with van der Waals surface area (Å²) < 4.78 is 5.95. The van der Waals surface area contributed by atoms with E-state index in [-0.39, 0.29) is 23.3 Å². The molecule has 0 aromatic carbocycles. The van der Waals surface area contributed by atoms with E-state index >= 15 is 0 Å². The van der Waals surface area contributed by atoms with Gasteiger partial charge in [0.1, 0.15) is 28.5 Å². The van der Waals surface area contributed by atoms with Gasteiger partial charge in [0.15, 0.2) is 11.6 Å². The minimum Gasteiger partial charge on any atom is -0.508 e. The van der Waals surface area contributed by atoms with Crippen molar-refractivity contribution in [2.75, 3.05) is 6.61 Å². The summed E-state index contributed by atoms with van der Waals surface area (Å²) in [6.45, 7) is 6.69. The fourth-order valence-corrected chi connectivity index (χ4v) is 5.80. The first-order chi connectivity index (χ1) is 17.2. The zero-order valence-corrected chi connectivity index (χ0v) is 21.5. The molecule has 1 aliphatic heterocycles. The van der Waals surface area contributed by atoms with Crippen molar-refractivity contribution in [2.45, 2.75) is 58.0 Å². The zero-order chi connectivity index (χ0) is 28.0. The maximum Gasteiger partial charge on any atom is 0.209 e. The van der Waals surface area contributed by atoms with Crippen LogP contribution in [-0.4, -0.2) is 65.8 Å². The molecular weight excluding hydrogens is 480 g/mol. The molecule has 0 radical (unpaired) electrons. The summed E-state index contributed by atoms with van der Waals surface area (Å²) in [4.78, 5) is 27.5. The van der Waals surface area contributed by atoms with Crippen molar-refractivity contribution >= 4 is 11.6 Å². The second-order valence-corrected chi connectivity index (χ2v) is 10.1. The maximum atomic E-state index is 14.1. The minimum atomic E-state index is -2.64. The average Bonchev–Trinajstić information content (AvgIpc) is 3.04. The van der Waals surface area contributed by atoms with E-state index in [1.165, 1.54) is 64.2 Å². The SMILES string of the molecule is C/C=C/C=C\C(O)=C1/C[C@](C)(O)[C@]2(O)O[C@]3(C)C(=O)C(C)=C(O)\C(=C(O)/C=C/C=C\CO)[C@@H]3[C@]2(C)C1=O. The molecular formula is C28H34O9. The second kappa shape index (κ2) is 9.57. The highest BCUT2D eigenvalue weighted by molar-refractivity contribution is 6.09. The summed E-state index contributed by atoms with van der Waals surface area (Å²) in [5.41, 5.74) is -6.87. The Morgan fingerprint density at radius 2 is 1.59 bits per heavy atom. The maximum absolute atomic E-state index is 14.1. The Kier molecular flexibility index (Phi) is 7.33. The van der Waals surface area contributed by atoms with Crippen LogP contribution in [0.3, 0.4) is 0 Å². The highest BCUT2D eigenvalue weighted by atomic mass is 16.7. The quantitative estimate of drug-likeness (QED) is 0.184. The van der Waals surface area contributed by atoms with E-state index in [9.17, 15) is 35.1 Å². The van der Waals surface area contributed by atoms with Gasteiger partial charge in [-0.15, -0.1) is 0 Å². The third kappa shape index (κ3) is 3.93. The van der Waals surface area contributed by atoms with Crippen molar-refractivity contribution in [3.05, 3.63) is 82.6 Å². The lowest BCUT2D eigenvalue weighted by Gasteiger charge is -2.51. The van der Waals surface area contributed by atoms with Crippen LogP contribution in [0.5, 0.6) is 0 Å². The summed E-state index contributed by atoms with van der Waals surface area (Å²) in [5.74, 6) is -7.19. The normalized spacial score (nSPS) is 39.4. The molecule has 2 aliphatic carbocycles. The lowest BCUT2D eigenvalue weighted by atomic mass is 9.52. The third-order valence-electron chi connectivity index (χ3n) is 7.63. The molecule has 0 aromatic rings. The smallest absolute Gasteiger partial charge is 0.209 e. The topological polar surface area (TPSA) is 165 Å². The van der Waals surface area contributed by atoms with E-state index in [2.05, 4.69) is 0 Å². The van der Waals surface area contributed by atoms with Gasteiger partial charge in [0.05, 0.1) is 12.0 Å². The Morgan fingerprint density at radius 3 is 2.19 bits per heavy atom. The number of ether oxygens (including phenoxy) is 1. The summed E-state index contributed by atoms with van der Waals surface area (Å²) >= 11 is 0. The lowest BCUT2D eigenvalue weighted by molar-refractivity contribution is -0.326. The Labute approximate surface area is 215 Å². The van der Waals surface area contributed by atoms with Crippen molar-refractivity contribution in [3.63, 3.8) is 0 Å². The lowest BCUT2D eigenvalue weighted by Crippen LogP contribution is -2.68. The Hall–Kier alpha value is -3.24. The minimum absolute atomic E-state index is 0.162. The van der Waals surface area contributed by atoms with E-state index in [0.717, 1.165) is 0 Å². The van der Waals surface area contributed by atoms with Gasteiger partial charge in [-0.05, 0) is 46.8 Å². The van der Waals surface area contributed by atoms with Crippen LogP contribution in [-0.2, 0) is 14.3 Å². The fraction of sp³-hybridized carbons (Fsp3) is 0.429. The van der Waals surface area contributed by atoms with Crippen molar-refractivity contribution in [1.29, 1.82) is 0 Å². The number of aliphatic hydroxyl groups is 6. The molecule has 9 heteroatoms. The Balaban J connectivity index is 2.38. The van der Waals surface area contributed by atoms with Crippen LogP contribution in [0, 0.1) is 11.3 Å². The van der Waals surface area contributed by atoms with E-state index in [0.29, 0.717) is 0 Å². The number of allylic oxidation sites excluding steroid dienone is 8. The number of hydrogen-bond acceptors (Lipinski definition) is 9. The number of aliphatic hydroxyl groups excluding tert-OH is 4. The molecule has 1 saturated carbocycles. The van der Waals surface area contributed by atoms with Gasteiger partial charge in [0.2, 0.25) is 5.79 Å². The highest BCUT2D eigenvalue weighted by Crippen LogP contribution is 2.67. The molecule has 0 aromatic heterocycles. The molecule has 200 valence electrons. The predicted molar refractivity (Wildman–Crippen MR) is 135 cm³/mol. The number of rotatable bonds is 5. The van der Waals surface area contributed by atoms with Gasteiger partial charge in [-0.1, -0.05) is 36.5 Å². The van der Waals surface area contributed by atoms with Gasteiger partial charge in [0.25, 0.3) is 0 Å². The van der Waals surface area contributed by atoms with Crippen LogP contribution in [0.2, 0.25) is 0 Å². The van der Waals surface area contributed by atoms with Crippen molar-refractivity contribution in [2.24, 2.45) is 11.3 Å². The number of fused-ring (bicyclic) bond motifs is 3. The van der Waals surface area contributed by atoms with E-state index < -0.39 is 63.6 Å². The van der Waals surface area contributed by atoms with Crippen LogP contribution in [0.15, 0.2) is 82.6 Å². The van der Waals surface area contributed by atoms with Crippen molar-refractivity contribution < 1.29 is 45.0 Å². The number of carbonyl (C=O) groups excluding carboxylic acids is 2. The van der Waals surface area contributed by atoms with Crippen LogP contribution in [0.4, 0.5) is 0 Å². The first kappa shape index (κ1) is 28.3. The van der Waals surface area contributed by atoms with Crippen LogP contribution in [0.1, 0.15) is 41.0 Å². The predicted octanol–water partition coefficient (Wildman–Crippen LogP) is 3.09. The van der Waals surface area contributed by atoms with Crippen molar-refractivity contribution in [1.82, 2.24) is 0 Å². The van der Waals surface area contributed by atoms with Crippen molar-refractivity contribution in [3.8, 4) is 0 Å². The average molecular weight is 515 g/mol. The van der Waals surface area contributed by atoms with Crippen LogP contribution >= 0.6 is 0 Å². The molecule has 1 heterocycles. The van der Waals surface area contributed by atoms with Gasteiger partial charge in [-0.2, -0.15) is 0 Å². The van der Waals surface area contributed by atoms with E-state index in [1.807, 2.05) is 0 Å². The largest absolute Gasteiger partial charge is 0.508 e. The van der Waals surface area contributed by atoms with Gasteiger partial charge < -0.3 is 35.4 Å². The van der Waals surface area contributed by atoms with E-state index in [1.54, 1.807) is 19.1 Å². The summed E-state index contributed by atoms with van der Waals surface area (Å²) in [6, 6.07) is 0. The Morgan fingerprint density at radius 1 is 1.00 bits per heavy atom. The molecule has 0 amide bonds. The Bertz CT molecular complexity index is 1230. The van der Waals surface area contributed by atoms with E-state index in [4.69, 9.17) is 9.84 Å². The molecule has 0 spiro atoms. The van der Waals surface area contributed by atoms with Gasteiger partial charge in [-0.25, -0.2) is 0 Å². The molecule has 37 heavy (non-hydrogen) atoms. The summed E-state index contributed by atoms with van der Waals surface area (Å²) in [5, 5.41) is 65.1. The van der Waals surface area contributed by atoms with Gasteiger partial charge in [-0.3, -0.25) is 9.59 Å². The molecule has 0 bridgehead atoms. The zero-order valence-electron chi connectivity index (χ0n) is 21.5. The van der Waals surface area contributed by atoms with Crippen LogP contribution < -0.4 is 0 Å². The number of ketones is 2. The fourth-order valence-electron chi connectivity index (χ4n) is 5.80. The number of carbonyl (C=O) groups is 2. The number of Topliss-reactive ketones (excluding diaryl/α,β-unsaturated/α-hetero) is 2. The number of hydrogen-bond donors (Lipinski definition) is 6. The van der Waals surface area contributed by atoms with Gasteiger partial charge in [0, 0.05) is 29.1 Å². The summed E-state index contributed by atoms with van der Waals surface area (Å²) in [7, 11) is 0. The second-order valence-electron chi connectivity index (χ2n) is 10.1. The molecule has 1 saturated heterocycles. The first-order valence-electron chi connectivity index (χ1n) is 11.9. The monoisotopic (exact) mass is 514 g/mol. The van der Waals surface area contributed by atoms with Crippen LogP contribution in [0.25, 0.3) is 0 Å². The molecule has 6 N–H and O–H groups in total. The molecule has 2 fully saturated rings.